The van der Waals surface area contributed by atoms with E-state index in [9.17, 15) is 10.1 Å². The highest BCUT2D eigenvalue weighted by molar-refractivity contribution is 5.78. The minimum absolute atomic E-state index is 0.0471. The molecule has 4 heteroatoms. The van der Waals surface area contributed by atoms with Crippen LogP contribution in [0.15, 0.2) is 30.3 Å². The molecule has 4 nitrogen and oxygen atoms in total. The molecule has 0 radical (unpaired) electrons. The lowest BCUT2D eigenvalue weighted by atomic mass is 9.89. The molecule has 0 unspecified atom stereocenters. The van der Waals surface area contributed by atoms with E-state index < -0.39 is 5.54 Å². The van der Waals surface area contributed by atoms with E-state index in [1.807, 2.05) is 18.2 Å². The van der Waals surface area contributed by atoms with Gasteiger partial charge < -0.3 is 10.1 Å². The van der Waals surface area contributed by atoms with E-state index in [0.29, 0.717) is 32.5 Å². The summed E-state index contributed by atoms with van der Waals surface area (Å²) in [4.78, 5) is 12.3. The van der Waals surface area contributed by atoms with Gasteiger partial charge in [-0.1, -0.05) is 37.3 Å². The summed E-state index contributed by atoms with van der Waals surface area (Å²) >= 11 is 0. The fourth-order valence-electron chi connectivity index (χ4n) is 2.75. The number of hydrogen-bond donors (Lipinski definition) is 1. The second-order valence-electron chi connectivity index (χ2n) is 5.57. The second kappa shape index (κ2) is 7.24. The maximum absolute atomic E-state index is 12.3. The van der Waals surface area contributed by atoms with Crippen LogP contribution in [0.2, 0.25) is 0 Å². The summed E-state index contributed by atoms with van der Waals surface area (Å²) in [6.07, 6.45) is 2.46. The normalized spacial score (nSPS) is 18.5. The molecular weight excluding hydrogens is 264 g/mol. The Morgan fingerprint density at radius 2 is 2.05 bits per heavy atom. The summed E-state index contributed by atoms with van der Waals surface area (Å²) in [5.74, 6) is 0.149. The van der Waals surface area contributed by atoms with Gasteiger partial charge >= 0.3 is 0 Å². The van der Waals surface area contributed by atoms with E-state index in [1.54, 1.807) is 0 Å². The highest BCUT2D eigenvalue weighted by Crippen LogP contribution is 2.25. The van der Waals surface area contributed by atoms with Crippen molar-refractivity contribution in [1.82, 2.24) is 5.32 Å². The standard InChI is InChI=1S/C17H22N2O2/c1-2-14(15-6-4-3-5-7-15)12-16(20)19-17(13-18)8-10-21-11-9-17/h3-7,14H,2,8-12H2,1H3,(H,19,20)/t14-/m1/s1. The quantitative estimate of drug-likeness (QED) is 0.905. The average molecular weight is 286 g/mol. The molecule has 1 aliphatic heterocycles. The zero-order valence-electron chi connectivity index (χ0n) is 12.5. The zero-order valence-corrected chi connectivity index (χ0v) is 12.5. The number of nitriles is 1. The van der Waals surface area contributed by atoms with Crippen LogP contribution >= 0.6 is 0 Å². The summed E-state index contributed by atoms with van der Waals surface area (Å²) in [6, 6.07) is 12.3. The molecule has 1 aliphatic rings. The summed E-state index contributed by atoms with van der Waals surface area (Å²) in [7, 11) is 0. The fourth-order valence-corrected chi connectivity index (χ4v) is 2.75. The van der Waals surface area contributed by atoms with Crippen molar-refractivity contribution in [3.8, 4) is 6.07 Å². The first kappa shape index (κ1) is 15.5. The number of nitrogens with zero attached hydrogens (tertiary/aromatic N) is 1. The van der Waals surface area contributed by atoms with Crippen LogP contribution in [0.5, 0.6) is 0 Å². The molecule has 0 aromatic heterocycles. The van der Waals surface area contributed by atoms with E-state index in [2.05, 4.69) is 30.4 Å². The number of rotatable bonds is 5. The van der Waals surface area contributed by atoms with Crippen molar-refractivity contribution in [3.05, 3.63) is 35.9 Å². The van der Waals surface area contributed by atoms with E-state index in [-0.39, 0.29) is 11.8 Å². The van der Waals surface area contributed by atoms with E-state index in [0.717, 1.165) is 6.42 Å². The van der Waals surface area contributed by atoms with Gasteiger partial charge in [0.15, 0.2) is 0 Å². The van der Waals surface area contributed by atoms with E-state index >= 15 is 0 Å². The molecule has 1 saturated heterocycles. The van der Waals surface area contributed by atoms with Crippen molar-refractivity contribution < 1.29 is 9.53 Å². The zero-order chi connectivity index (χ0) is 15.1. The lowest BCUT2D eigenvalue weighted by molar-refractivity contribution is -0.123. The van der Waals surface area contributed by atoms with Gasteiger partial charge in [-0.3, -0.25) is 4.79 Å². The van der Waals surface area contributed by atoms with Gasteiger partial charge in [0, 0.05) is 32.5 Å². The molecule has 0 bridgehead atoms. The molecule has 1 atom stereocenters. The van der Waals surface area contributed by atoms with Crippen LogP contribution in [0.4, 0.5) is 0 Å². The number of benzene rings is 1. The molecule has 0 saturated carbocycles. The van der Waals surface area contributed by atoms with Crippen LogP contribution in [0.25, 0.3) is 0 Å². The van der Waals surface area contributed by atoms with Crippen LogP contribution in [-0.4, -0.2) is 24.7 Å². The third kappa shape index (κ3) is 4.05. The molecule has 1 heterocycles. The summed E-state index contributed by atoms with van der Waals surface area (Å²) in [6.45, 7) is 3.15. The highest BCUT2D eigenvalue weighted by Gasteiger charge is 2.34. The third-order valence-electron chi connectivity index (χ3n) is 4.13. The lowest BCUT2D eigenvalue weighted by Crippen LogP contribution is -2.51. The van der Waals surface area contributed by atoms with Gasteiger partial charge in [0.25, 0.3) is 0 Å². The maximum Gasteiger partial charge on any atom is 0.221 e. The molecule has 1 N–H and O–H groups in total. The van der Waals surface area contributed by atoms with Gasteiger partial charge in [-0.2, -0.15) is 5.26 Å². The van der Waals surface area contributed by atoms with Gasteiger partial charge in [-0.15, -0.1) is 0 Å². The van der Waals surface area contributed by atoms with Gasteiger partial charge in [0.05, 0.1) is 6.07 Å². The number of nitrogens with one attached hydrogen (secondary N) is 1. The van der Waals surface area contributed by atoms with E-state index in [4.69, 9.17) is 4.74 Å². The van der Waals surface area contributed by atoms with Gasteiger partial charge in [-0.05, 0) is 17.9 Å². The van der Waals surface area contributed by atoms with Crippen molar-refractivity contribution in [2.45, 2.75) is 44.1 Å². The number of carbonyl (C=O) groups excluding carboxylic acids is 1. The largest absolute Gasteiger partial charge is 0.381 e. The Kier molecular flexibility index (Phi) is 5.35. The van der Waals surface area contributed by atoms with Gasteiger partial charge in [-0.25, -0.2) is 0 Å². The number of amides is 1. The Bertz CT molecular complexity index is 501. The molecule has 1 amide bonds. The summed E-state index contributed by atoms with van der Waals surface area (Å²) in [5.41, 5.74) is 0.428. The highest BCUT2D eigenvalue weighted by atomic mass is 16.5. The summed E-state index contributed by atoms with van der Waals surface area (Å²) < 4.78 is 5.28. The van der Waals surface area contributed by atoms with Crippen LogP contribution in [0.1, 0.15) is 44.1 Å². The number of ether oxygens (including phenoxy) is 1. The first-order valence-corrected chi connectivity index (χ1v) is 7.54. The summed E-state index contributed by atoms with van der Waals surface area (Å²) in [5, 5.41) is 12.3. The Hall–Kier alpha value is -1.86. The Morgan fingerprint density at radius 3 is 2.62 bits per heavy atom. The van der Waals surface area contributed by atoms with Crippen LogP contribution in [0.3, 0.4) is 0 Å². The van der Waals surface area contributed by atoms with Gasteiger partial charge in [0.1, 0.15) is 5.54 Å². The molecule has 1 aromatic rings. The lowest BCUT2D eigenvalue weighted by Gasteiger charge is -2.32. The van der Waals surface area contributed by atoms with Crippen LogP contribution < -0.4 is 5.32 Å². The molecule has 0 aliphatic carbocycles. The van der Waals surface area contributed by atoms with Crippen molar-refractivity contribution in [1.29, 1.82) is 5.26 Å². The maximum atomic E-state index is 12.3. The van der Waals surface area contributed by atoms with Crippen LogP contribution in [-0.2, 0) is 9.53 Å². The average Bonchev–Trinajstić information content (AvgIpc) is 2.54. The van der Waals surface area contributed by atoms with Gasteiger partial charge in [0.2, 0.25) is 5.91 Å². The Morgan fingerprint density at radius 1 is 1.38 bits per heavy atom. The predicted molar refractivity (Wildman–Crippen MR) is 80.6 cm³/mol. The fraction of sp³-hybridized carbons (Fsp3) is 0.529. The minimum atomic E-state index is -0.746. The van der Waals surface area contributed by atoms with Crippen molar-refractivity contribution >= 4 is 5.91 Å². The monoisotopic (exact) mass is 286 g/mol. The smallest absolute Gasteiger partial charge is 0.221 e. The minimum Gasteiger partial charge on any atom is -0.381 e. The molecule has 2 rings (SSSR count). The number of carbonyl (C=O) groups is 1. The van der Waals surface area contributed by atoms with Crippen molar-refractivity contribution in [3.63, 3.8) is 0 Å². The molecule has 112 valence electrons. The third-order valence-corrected chi connectivity index (χ3v) is 4.13. The molecule has 1 aromatic carbocycles. The van der Waals surface area contributed by atoms with Crippen molar-refractivity contribution in [2.75, 3.05) is 13.2 Å². The Labute approximate surface area is 126 Å². The molecule has 1 fully saturated rings. The number of hydrogen-bond acceptors (Lipinski definition) is 3. The van der Waals surface area contributed by atoms with E-state index in [1.165, 1.54) is 5.56 Å². The first-order chi connectivity index (χ1) is 10.2. The molecule has 0 spiro atoms. The molecular formula is C17H22N2O2. The predicted octanol–water partition coefficient (Wildman–Crippen LogP) is 2.76. The SMILES string of the molecule is CC[C@H](CC(=O)NC1(C#N)CCOCC1)c1ccccc1. The van der Waals surface area contributed by atoms with Crippen molar-refractivity contribution in [2.24, 2.45) is 0 Å². The second-order valence-corrected chi connectivity index (χ2v) is 5.57. The van der Waals surface area contributed by atoms with Crippen LogP contribution in [0, 0.1) is 11.3 Å². The topological polar surface area (TPSA) is 62.1 Å². The first-order valence-electron chi connectivity index (χ1n) is 7.54. The Balaban J connectivity index is 1.98. The molecule has 21 heavy (non-hydrogen) atoms.